The molecule has 2 aromatic heterocycles. The molecule has 3 aliphatic heterocycles. The summed E-state index contributed by atoms with van der Waals surface area (Å²) in [6.07, 6.45) is 1.82. The van der Waals surface area contributed by atoms with Crippen LogP contribution >= 0.6 is 0 Å². The third kappa shape index (κ3) is 15.8. The predicted molar refractivity (Wildman–Crippen MR) is 314 cm³/mol. The number of aryl methyl sites for hydroxylation is 4. The number of hydrogen-bond donors (Lipinski definition) is 4. The van der Waals surface area contributed by atoms with Crippen molar-refractivity contribution >= 4 is 57.6 Å². The van der Waals surface area contributed by atoms with E-state index in [-0.39, 0.29) is 49.6 Å². The molecular weight excluding hydrogens is 1050 g/mol. The molecule has 5 N–H and O–H groups in total. The zero-order valence-electron chi connectivity index (χ0n) is 48.0. The molecule has 0 radical (unpaired) electrons. The van der Waals surface area contributed by atoms with Gasteiger partial charge in [0.15, 0.2) is 5.78 Å². The number of nitrogens with zero attached hydrogens (tertiary/aromatic N) is 10. The van der Waals surface area contributed by atoms with E-state index in [2.05, 4.69) is 82.8 Å². The minimum absolute atomic E-state index is 0.0847. The molecule has 436 valence electrons. The number of nitrogens with one attached hydrogen (secondary N) is 3. The number of hydrogen-bond acceptors (Lipinski definition) is 14. The smallest absolute Gasteiger partial charge is 0.408 e. The summed E-state index contributed by atoms with van der Waals surface area (Å²) >= 11 is 0. The second-order valence-corrected chi connectivity index (χ2v) is 22.8. The molecule has 3 saturated heterocycles. The van der Waals surface area contributed by atoms with Gasteiger partial charge in [0.05, 0.1) is 23.6 Å². The van der Waals surface area contributed by atoms with Gasteiger partial charge in [0.2, 0.25) is 23.6 Å². The number of benzene rings is 5. The van der Waals surface area contributed by atoms with Gasteiger partial charge in [-0.25, -0.2) is 14.2 Å². The molecule has 21 heteroatoms. The Labute approximate surface area is 483 Å². The number of Topliss-reactive ketones (excluding diaryl/α,β-unsaturated/α-hetero) is 1. The molecule has 3 fully saturated rings. The summed E-state index contributed by atoms with van der Waals surface area (Å²) in [5.74, 6) is -1.44. The van der Waals surface area contributed by atoms with Crippen molar-refractivity contribution in [2.75, 3.05) is 39.3 Å². The molecule has 0 aliphatic carbocycles. The van der Waals surface area contributed by atoms with Gasteiger partial charge in [-0.1, -0.05) is 114 Å². The van der Waals surface area contributed by atoms with Crippen LogP contribution in [0, 0.1) is 0 Å². The highest BCUT2D eigenvalue weighted by molar-refractivity contribution is 6.00. The molecule has 83 heavy (non-hydrogen) atoms. The quantitative estimate of drug-likeness (QED) is 0.0917. The summed E-state index contributed by atoms with van der Waals surface area (Å²) in [6, 6.07) is 38.6. The maximum Gasteiger partial charge on any atom is 0.408 e. The normalized spacial score (nSPS) is 18.3. The Hall–Kier alpha value is -8.40. The van der Waals surface area contributed by atoms with Crippen molar-refractivity contribution in [2.24, 2.45) is 19.8 Å². The highest BCUT2D eigenvalue weighted by Gasteiger charge is 2.44. The van der Waals surface area contributed by atoms with E-state index in [1.807, 2.05) is 98.0 Å². The van der Waals surface area contributed by atoms with E-state index < -0.39 is 47.7 Å². The van der Waals surface area contributed by atoms with Crippen molar-refractivity contribution in [3.63, 3.8) is 0 Å². The number of fused-ring (bicyclic) bond motifs is 2. The van der Waals surface area contributed by atoms with Crippen LogP contribution in [0.4, 0.5) is 4.79 Å². The number of amides is 5. The van der Waals surface area contributed by atoms with Gasteiger partial charge >= 0.3 is 6.09 Å². The molecule has 5 amide bonds. The van der Waals surface area contributed by atoms with Crippen LogP contribution in [0.15, 0.2) is 127 Å². The third-order valence-corrected chi connectivity index (χ3v) is 15.5. The first-order valence-electron chi connectivity index (χ1n) is 28.5. The van der Waals surface area contributed by atoms with Gasteiger partial charge in [-0.05, 0) is 105 Å². The van der Waals surface area contributed by atoms with Gasteiger partial charge in [0, 0.05) is 78.9 Å². The van der Waals surface area contributed by atoms with E-state index in [1.54, 1.807) is 42.1 Å². The summed E-state index contributed by atoms with van der Waals surface area (Å²) in [7, 11) is 3.65. The topological polar surface area (TPSA) is 248 Å². The van der Waals surface area contributed by atoms with Crippen molar-refractivity contribution in [1.82, 2.24) is 65.5 Å². The van der Waals surface area contributed by atoms with Gasteiger partial charge in [0.1, 0.15) is 34.8 Å². The van der Waals surface area contributed by atoms with E-state index in [1.165, 1.54) is 10.5 Å². The molecule has 7 aromatic rings. The largest absolute Gasteiger partial charge is 0.444 e. The van der Waals surface area contributed by atoms with E-state index in [0.717, 1.165) is 77.9 Å². The van der Waals surface area contributed by atoms with Gasteiger partial charge < -0.3 is 36.2 Å². The first-order chi connectivity index (χ1) is 39.9. The number of alkyl carbamates (subject to hydrolysis) is 1. The summed E-state index contributed by atoms with van der Waals surface area (Å²) in [5.41, 5.74) is 14.2. The Morgan fingerprint density at radius 3 is 1.70 bits per heavy atom. The maximum atomic E-state index is 13.8. The third-order valence-electron chi connectivity index (χ3n) is 15.5. The van der Waals surface area contributed by atoms with Crippen LogP contribution in [0.2, 0.25) is 0 Å². The van der Waals surface area contributed by atoms with Crippen LogP contribution in [-0.4, -0.2) is 160 Å². The zero-order chi connectivity index (χ0) is 58.6. The zero-order valence-corrected chi connectivity index (χ0v) is 48.0. The van der Waals surface area contributed by atoms with Gasteiger partial charge in [-0.2, -0.15) is 0 Å². The van der Waals surface area contributed by atoms with Crippen molar-refractivity contribution in [1.29, 1.82) is 0 Å². The summed E-state index contributed by atoms with van der Waals surface area (Å²) in [5, 5.41) is 24.9. The molecule has 5 aromatic carbocycles. The molecule has 21 nitrogen and oxygen atoms in total. The van der Waals surface area contributed by atoms with E-state index >= 15 is 0 Å². The standard InChI is InChI=1S/C34H42N8O2.C28H34N6O5/c1-39-31-15-13-27(20-30(31)37-38-39)22-36-33(43)32-21-28(41-18-16-40(17-19-41)23-26-10-6-3-7-11-26)24-42(32)34(44)29(35)14-12-25-8-4-2-5-9-25;1-28(2,3)39-27(38)30-21(12-10-18-8-6-5-7-9-18)26(37)34-17-20(35)15-24(34)25(36)29-16-19-11-13-23-22(14-19)31-32-33(23)4/h2-11,13,15,20,28-29,32H,12,14,16-19,21-24,35H2,1H3,(H,36,43);5-9,11,13-14,21,24H,10,12,15-17H2,1-4H3,(H,29,36)(H,30,38)/t28-,29+,32-;21-,24+/m01/s1. The second kappa shape index (κ2) is 27.1. The van der Waals surface area contributed by atoms with Crippen LogP contribution in [0.3, 0.4) is 0 Å². The fourth-order valence-corrected chi connectivity index (χ4v) is 11.0. The van der Waals surface area contributed by atoms with E-state index in [4.69, 9.17) is 10.5 Å². The molecule has 0 unspecified atom stereocenters. The fourth-order valence-electron chi connectivity index (χ4n) is 11.0. The van der Waals surface area contributed by atoms with Crippen LogP contribution in [0.1, 0.15) is 74.3 Å². The second-order valence-electron chi connectivity index (χ2n) is 22.8. The molecule has 10 rings (SSSR count). The number of aromatic nitrogens is 6. The molecule has 3 aliphatic rings. The highest BCUT2D eigenvalue weighted by atomic mass is 16.6. The average Bonchev–Trinajstić information content (AvgIpc) is 4.51. The molecule has 5 atom stereocenters. The van der Waals surface area contributed by atoms with Crippen molar-refractivity contribution in [2.45, 2.75) is 115 Å². The Bertz CT molecular complexity index is 3360. The predicted octanol–water partition coefficient (Wildman–Crippen LogP) is 4.61. The molecule has 0 bridgehead atoms. The van der Waals surface area contributed by atoms with Gasteiger partial charge in [-0.15, -0.1) is 10.2 Å². The van der Waals surface area contributed by atoms with Crippen molar-refractivity contribution in [3.05, 3.63) is 155 Å². The molecule has 0 spiro atoms. The Kier molecular flexibility index (Phi) is 19.4. The van der Waals surface area contributed by atoms with E-state index in [9.17, 15) is 28.8 Å². The summed E-state index contributed by atoms with van der Waals surface area (Å²) < 4.78 is 8.75. The Morgan fingerprint density at radius 1 is 0.639 bits per heavy atom. The summed E-state index contributed by atoms with van der Waals surface area (Å²) in [6.45, 7) is 10.7. The molecular formula is C62H76N14O7. The number of ketones is 1. The van der Waals surface area contributed by atoms with E-state index in [0.29, 0.717) is 37.9 Å². The molecule has 0 saturated carbocycles. The number of ether oxygens (including phenoxy) is 1. The lowest BCUT2D eigenvalue weighted by molar-refractivity contribution is -0.140. The first kappa shape index (κ1) is 59.2. The Balaban J connectivity index is 0.000000201. The number of likely N-dealkylation sites (tertiary alicyclic amines) is 2. The number of rotatable bonds is 18. The summed E-state index contributed by atoms with van der Waals surface area (Å²) in [4.78, 5) is 87.2. The minimum Gasteiger partial charge on any atom is -0.444 e. The van der Waals surface area contributed by atoms with Crippen molar-refractivity contribution < 1.29 is 33.5 Å². The average molecular weight is 1130 g/mol. The fraction of sp³-hybridized carbons (Fsp3) is 0.419. The number of piperazine rings is 1. The lowest BCUT2D eigenvalue weighted by Gasteiger charge is -2.38. The highest BCUT2D eigenvalue weighted by Crippen LogP contribution is 2.27. The lowest BCUT2D eigenvalue weighted by atomic mass is 10.0. The lowest BCUT2D eigenvalue weighted by Crippen LogP contribution is -2.54. The van der Waals surface area contributed by atoms with Crippen LogP contribution in [0.5, 0.6) is 0 Å². The van der Waals surface area contributed by atoms with Gasteiger partial charge in [0.25, 0.3) is 0 Å². The SMILES string of the molecule is Cn1nnc2cc(CNC(=O)[C@@H]3CC(=O)CN3C(=O)[C@@H](CCc3ccccc3)NC(=O)OC(C)(C)C)ccc21.Cn1nnc2cc(CNC(=O)[C@@H]3C[C@H](N4CCN(Cc5ccccc5)CC4)CN3C(=O)[C@H](N)CCc3ccccc3)ccc21. The minimum atomic E-state index is -0.972. The molecule has 5 heterocycles. The Morgan fingerprint density at radius 2 is 1.16 bits per heavy atom. The van der Waals surface area contributed by atoms with Crippen LogP contribution in [0.25, 0.3) is 22.1 Å². The first-order valence-corrected chi connectivity index (χ1v) is 28.5. The maximum absolute atomic E-state index is 13.8. The van der Waals surface area contributed by atoms with Crippen molar-refractivity contribution in [3.8, 4) is 0 Å². The number of nitrogens with two attached hydrogens (primary N) is 1. The monoisotopic (exact) mass is 1130 g/mol. The van der Waals surface area contributed by atoms with Gasteiger partial charge in [-0.3, -0.25) is 33.8 Å². The number of carbonyl (C=O) groups is 6. The van der Waals surface area contributed by atoms with Crippen LogP contribution < -0.4 is 21.7 Å². The van der Waals surface area contributed by atoms with Crippen LogP contribution in [-0.2, 0) is 75.3 Å². The number of carbonyl (C=O) groups excluding carboxylic acids is 6.